The number of likely N-dealkylation sites (tertiary alicyclic amines) is 1. The number of phenolic OH excluding ortho intramolecular Hbond substituents is 1. The minimum Gasteiger partial charge on any atom is -0.507 e. The van der Waals surface area contributed by atoms with Gasteiger partial charge in [0, 0.05) is 43.5 Å². The molecular weight excluding hydrogens is 464 g/mol. The third kappa shape index (κ3) is 5.59. The van der Waals surface area contributed by atoms with Gasteiger partial charge < -0.3 is 20.6 Å². The van der Waals surface area contributed by atoms with E-state index in [0.29, 0.717) is 28.9 Å². The SMILES string of the molecule is C[C@@H]1CCCN1CC#Cc1nccc(N2CCN(c3cc(-c4ccccc4O)nnc3N)CC[C@H]2C)n1. The van der Waals surface area contributed by atoms with Crippen LogP contribution >= 0.6 is 0 Å². The lowest BCUT2D eigenvalue weighted by molar-refractivity contribution is 0.303. The van der Waals surface area contributed by atoms with E-state index in [9.17, 15) is 5.11 Å². The van der Waals surface area contributed by atoms with Crippen molar-refractivity contribution in [2.24, 2.45) is 0 Å². The van der Waals surface area contributed by atoms with Gasteiger partial charge >= 0.3 is 0 Å². The summed E-state index contributed by atoms with van der Waals surface area (Å²) in [5.41, 5.74) is 8.31. The van der Waals surface area contributed by atoms with Crippen LogP contribution in [0, 0.1) is 11.8 Å². The third-order valence-electron chi connectivity index (χ3n) is 7.39. The molecule has 4 heterocycles. The van der Waals surface area contributed by atoms with Crippen molar-refractivity contribution in [2.75, 3.05) is 48.3 Å². The molecule has 2 saturated heterocycles. The Morgan fingerprint density at radius 3 is 2.70 bits per heavy atom. The van der Waals surface area contributed by atoms with Crippen LogP contribution in [0.15, 0.2) is 42.6 Å². The number of nitrogen functional groups attached to an aromatic ring is 1. The van der Waals surface area contributed by atoms with Crippen molar-refractivity contribution in [2.45, 2.75) is 45.2 Å². The fraction of sp³-hybridized carbons (Fsp3) is 0.429. The molecule has 0 aliphatic carbocycles. The third-order valence-corrected chi connectivity index (χ3v) is 7.39. The number of nitrogens with two attached hydrogens (primary N) is 1. The summed E-state index contributed by atoms with van der Waals surface area (Å²) in [6.07, 6.45) is 5.21. The van der Waals surface area contributed by atoms with E-state index < -0.39 is 0 Å². The highest BCUT2D eigenvalue weighted by atomic mass is 16.3. The second-order valence-electron chi connectivity index (χ2n) is 9.84. The first-order valence-corrected chi connectivity index (χ1v) is 13.0. The van der Waals surface area contributed by atoms with Crippen molar-refractivity contribution in [1.82, 2.24) is 25.1 Å². The van der Waals surface area contributed by atoms with Gasteiger partial charge in [0.15, 0.2) is 5.82 Å². The number of hydrogen-bond donors (Lipinski definition) is 2. The normalized spacial score (nSPS) is 20.4. The van der Waals surface area contributed by atoms with Crippen molar-refractivity contribution >= 4 is 17.3 Å². The van der Waals surface area contributed by atoms with E-state index in [1.165, 1.54) is 12.8 Å². The monoisotopic (exact) mass is 498 g/mol. The standard InChI is InChI=1S/C28H34N8O/c1-20-7-5-14-34(20)15-6-10-26-30-13-11-27(31-26)36-18-17-35(16-12-21(36)2)24-19-23(32-33-28(24)29)22-8-3-4-9-25(22)37/h3-4,8-9,11,13,19-21,37H,5,7,12,14-18H2,1-2H3,(H2,29,33)/t20-,21-/m1/s1. The Kier molecular flexibility index (Phi) is 7.37. The van der Waals surface area contributed by atoms with Crippen molar-refractivity contribution in [3.05, 3.63) is 48.4 Å². The van der Waals surface area contributed by atoms with Gasteiger partial charge in [-0.25, -0.2) is 9.97 Å². The van der Waals surface area contributed by atoms with Crippen LogP contribution in [0.25, 0.3) is 11.3 Å². The number of nitrogens with zero attached hydrogens (tertiary/aromatic N) is 7. The zero-order chi connectivity index (χ0) is 25.8. The number of phenols is 1. The number of para-hydroxylation sites is 1. The van der Waals surface area contributed by atoms with Crippen LogP contribution in [0.3, 0.4) is 0 Å². The lowest BCUT2D eigenvalue weighted by Crippen LogP contribution is -2.35. The second-order valence-corrected chi connectivity index (χ2v) is 9.84. The molecule has 2 aliphatic rings. The highest BCUT2D eigenvalue weighted by Crippen LogP contribution is 2.32. The molecule has 2 aliphatic heterocycles. The van der Waals surface area contributed by atoms with E-state index in [4.69, 9.17) is 10.7 Å². The maximum Gasteiger partial charge on any atom is 0.206 e. The van der Waals surface area contributed by atoms with E-state index in [2.05, 4.69) is 55.6 Å². The van der Waals surface area contributed by atoms with Crippen molar-refractivity contribution in [1.29, 1.82) is 0 Å². The van der Waals surface area contributed by atoms with Crippen LogP contribution < -0.4 is 15.5 Å². The largest absolute Gasteiger partial charge is 0.507 e. The van der Waals surface area contributed by atoms with Gasteiger partial charge in [0.25, 0.3) is 0 Å². The number of aromatic nitrogens is 4. The van der Waals surface area contributed by atoms with Gasteiger partial charge in [-0.1, -0.05) is 18.1 Å². The van der Waals surface area contributed by atoms with Crippen molar-refractivity contribution in [3.8, 4) is 28.8 Å². The van der Waals surface area contributed by atoms with Gasteiger partial charge in [0.05, 0.1) is 17.9 Å². The Morgan fingerprint density at radius 2 is 1.89 bits per heavy atom. The molecule has 37 heavy (non-hydrogen) atoms. The summed E-state index contributed by atoms with van der Waals surface area (Å²) in [5, 5.41) is 18.7. The van der Waals surface area contributed by atoms with Gasteiger partial charge in [0.2, 0.25) is 5.82 Å². The Balaban J connectivity index is 1.31. The summed E-state index contributed by atoms with van der Waals surface area (Å²) in [5.74, 6) is 8.43. The summed E-state index contributed by atoms with van der Waals surface area (Å²) in [6, 6.07) is 11.9. The van der Waals surface area contributed by atoms with Crippen LogP contribution in [0.1, 0.15) is 38.9 Å². The molecule has 0 saturated carbocycles. The zero-order valence-electron chi connectivity index (χ0n) is 21.5. The Bertz CT molecular complexity index is 1300. The van der Waals surface area contributed by atoms with E-state index >= 15 is 0 Å². The van der Waals surface area contributed by atoms with Gasteiger partial charge in [-0.2, -0.15) is 0 Å². The topological polar surface area (TPSA) is 108 Å². The number of anilines is 3. The highest BCUT2D eigenvalue weighted by Gasteiger charge is 2.24. The van der Waals surface area contributed by atoms with E-state index in [1.54, 1.807) is 18.3 Å². The fourth-order valence-corrected chi connectivity index (χ4v) is 5.12. The lowest BCUT2D eigenvalue weighted by Gasteiger charge is -2.28. The molecule has 2 atom stereocenters. The molecule has 0 spiro atoms. The summed E-state index contributed by atoms with van der Waals surface area (Å²) < 4.78 is 0. The number of rotatable bonds is 4. The highest BCUT2D eigenvalue weighted by molar-refractivity contribution is 5.74. The lowest BCUT2D eigenvalue weighted by atomic mass is 10.1. The minimum atomic E-state index is 0.167. The van der Waals surface area contributed by atoms with Gasteiger partial charge in [-0.3, -0.25) is 4.90 Å². The molecule has 2 aromatic heterocycles. The van der Waals surface area contributed by atoms with Crippen LogP contribution in [-0.2, 0) is 0 Å². The summed E-state index contributed by atoms with van der Waals surface area (Å²) >= 11 is 0. The first kappa shape index (κ1) is 24.8. The van der Waals surface area contributed by atoms with Gasteiger partial charge in [-0.05, 0) is 69.8 Å². The predicted octanol–water partition coefficient (Wildman–Crippen LogP) is 3.16. The van der Waals surface area contributed by atoms with Crippen LogP contribution in [0.2, 0.25) is 0 Å². The second kappa shape index (κ2) is 11.0. The minimum absolute atomic E-state index is 0.167. The smallest absolute Gasteiger partial charge is 0.206 e. The Labute approximate surface area is 218 Å². The molecule has 2 fully saturated rings. The molecular formula is C28H34N8O. The van der Waals surface area contributed by atoms with Crippen LogP contribution in [-0.4, -0.2) is 75.0 Å². The van der Waals surface area contributed by atoms with Gasteiger partial charge in [0.1, 0.15) is 11.6 Å². The molecule has 0 bridgehead atoms. The molecule has 9 nitrogen and oxygen atoms in total. The Morgan fingerprint density at radius 1 is 1.03 bits per heavy atom. The number of hydrogen-bond acceptors (Lipinski definition) is 9. The summed E-state index contributed by atoms with van der Waals surface area (Å²) in [7, 11) is 0. The molecule has 0 radical (unpaired) electrons. The first-order chi connectivity index (χ1) is 18.0. The van der Waals surface area contributed by atoms with Crippen molar-refractivity contribution in [3.63, 3.8) is 0 Å². The maximum atomic E-state index is 10.3. The molecule has 3 aromatic rings. The molecule has 9 heteroatoms. The molecule has 3 N–H and O–H groups in total. The molecule has 0 unspecified atom stereocenters. The fourth-order valence-electron chi connectivity index (χ4n) is 5.12. The summed E-state index contributed by atoms with van der Waals surface area (Å²) in [6.45, 7) is 8.69. The quantitative estimate of drug-likeness (QED) is 0.525. The van der Waals surface area contributed by atoms with E-state index in [1.807, 2.05) is 24.3 Å². The number of aromatic hydroxyl groups is 1. The molecule has 1 aromatic carbocycles. The predicted molar refractivity (Wildman–Crippen MR) is 146 cm³/mol. The van der Waals surface area contributed by atoms with Crippen molar-refractivity contribution < 1.29 is 5.11 Å². The number of benzene rings is 1. The van der Waals surface area contributed by atoms with E-state index in [-0.39, 0.29) is 11.8 Å². The first-order valence-electron chi connectivity index (χ1n) is 13.0. The Hall–Kier alpha value is -3.90. The molecule has 5 rings (SSSR count). The van der Waals surface area contributed by atoms with Crippen LogP contribution in [0.4, 0.5) is 17.3 Å². The summed E-state index contributed by atoms with van der Waals surface area (Å²) in [4.78, 5) is 16.1. The average Bonchev–Trinajstić information content (AvgIpc) is 3.21. The van der Waals surface area contributed by atoms with Gasteiger partial charge in [-0.15, -0.1) is 10.2 Å². The maximum absolute atomic E-state index is 10.3. The van der Waals surface area contributed by atoms with E-state index in [0.717, 1.165) is 50.6 Å². The average molecular weight is 499 g/mol. The molecule has 192 valence electrons. The van der Waals surface area contributed by atoms with Crippen LogP contribution in [0.5, 0.6) is 5.75 Å². The zero-order valence-corrected chi connectivity index (χ0v) is 21.5. The molecule has 0 amide bonds.